The molecule has 21 heteroatoms. The van der Waals surface area contributed by atoms with Gasteiger partial charge in [0.1, 0.15) is 91.6 Å². The second-order valence-corrected chi connectivity index (χ2v) is 12.1. The number of ether oxygens (including phenoxy) is 9. The largest absolute Gasteiger partial charge is 0.388 e. The maximum Gasteiger partial charge on any atom is 0.187 e. The zero-order valence-electron chi connectivity index (χ0n) is 25.0. The average molecular weight is 693 g/mol. The lowest BCUT2D eigenvalue weighted by atomic mass is 9.97. The Bertz CT molecular complexity index is 996. The number of rotatable bonds is 8. The summed E-state index contributed by atoms with van der Waals surface area (Å²) in [7, 11) is 0. The first kappa shape index (κ1) is 37.4. The molecule has 0 aromatic rings. The highest BCUT2D eigenvalue weighted by molar-refractivity contribution is 4.96. The molecule has 5 fully saturated rings. The Morgan fingerprint density at radius 2 is 0.787 bits per heavy atom. The van der Waals surface area contributed by atoms with E-state index in [4.69, 9.17) is 42.6 Å². The Hall–Kier alpha value is -0.840. The van der Waals surface area contributed by atoms with E-state index in [1.165, 1.54) is 6.92 Å². The normalized spacial score (nSPS) is 54.7. The summed E-state index contributed by atoms with van der Waals surface area (Å²) in [6.45, 7) is -0.374. The van der Waals surface area contributed by atoms with E-state index < -0.39 is 156 Å². The van der Waals surface area contributed by atoms with E-state index in [1.807, 2.05) is 0 Å². The van der Waals surface area contributed by atoms with Crippen LogP contribution in [0.1, 0.15) is 6.92 Å². The SMILES string of the molecule is C[C@@H]1O[C@@H](O[C@@H]2[C@@H](O)[C@@H](O)CO[C@H]2O)[C@H](O)[C@H](O[C@@H]2OC[C@@H](O)[C@H](O)[C@H]2O)[C@H]1O[C@@H]1OC[C@@H](O)[C@H](O[C@@H]2OC[C@@H](O)[C@H](O)[C@H]2O)[C@H]1O. The molecule has 274 valence electrons. The second-order valence-electron chi connectivity index (χ2n) is 12.1. The molecule has 0 saturated carbocycles. The van der Waals surface area contributed by atoms with Crippen molar-refractivity contribution in [1.82, 2.24) is 0 Å². The molecular weight excluding hydrogens is 648 g/mol. The molecule has 0 amide bonds. The van der Waals surface area contributed by atoms with Gasteiger partial charge in [0.15, 0.2) is 31.5 Å². The van der Waals surface area contributed by atoms with Crippen LogP contribution in [0.5, 0.6) is 0 Å². The van der Waals surface area contributed by atoms with Gasteiger partial charge in [0.25, 0.3) is 0 Å². The van der Waals surface area contributed by atoms with Gasteiger partial charge < -0.3 is 104 Å². The fourth-order valence-corrected chi connectivity index (χ4v) is 5.85. The summed E-state index contributed by atoms with van der Waals surface area (Å²) < 4.78 is 49.7. The molecule has 0 aliphatic carbocycles. The maximum absolute atomic E-state index is 11.4. The van der Waals surface area contributed by atoms with E-state index in [2.05, 4.69) is 0 Å². The zero-order valence-corrected chi connectivity index (χ0v) is 25.0. The summed E-state index contributed by atoms with van der Waals surface area (Å²) in [5.41, 5.74) is 0. The van der Waals surface area contributed by atoms with Crippen molar-refractivity contribution in [2.45, 2.75) is 136 Å². The molecule has 5 heterocycles. The molecule has 0 spiro atoms. The molecular formula is C26H44O21. The van der Waals surface area contributed by atoms with Crippen molar-refractivity contribution in [2.24, 2.45) is 0 Å². The molecule has 0 aromatic carbocycles. The van der Waals surface area contributed by atoms with Crippen LogP contribution in [-0.4, -0.2) is 217 Å². The molecule has 0 aromatic heterocycles. The van der Waals surface area contributed by atoms with Crippen molar-refractivity contribution in [3.05, 3.63) is 0 Å². The van der Waals surface area contributed by atoms with E-state index in [-0.39, 0.29) is 0 Å². The first-order valence-electron chi connectivity index (χ1n) is 15.1. The van der Waals surface area contributed by atoms with Gasteiger partial charge in [-0.25, -0.2) is 0 Å². The predicted octanol–water partition coefficient (Wildman–Crippen LogP) is -8.34. The predicted molar refractivity (Wildman–Crippen MR) is 141 cm³/mol. The third-order valence-electron chi connectivity index (χ3n) is 8.70. The molecule has 0 radical (unpaired) electrons. The summed E-state index contributed by atoms with van der Waals surface area (Å²) in [6, 6.07) is 0. The van der Waals surface area contributed by atoms with Crippen molar-refractivity contribution in [1.29, 1.82) is 0 Å². The Balaban J connectivity index is 1.34. The van der Waals surface area contributed by atoms with Crippen molar-refractivity contribution in [3.63, 3.8) is 0 Å². The zero-order chi connectivity index (χ0) is 34.3. The minimum absolute atomic E-state index is 0.406. The van der Waals surface area contributed by atoms with Crippen LogP contribution in [0.15, 0.2) is 0 Å². The highest BCUT2D eigenvalue weighted by Gasteiger charge is 2.54. The summed E-state index contributed by atoms with van der Waals surface area (Å²) in [5.74, 6) is 0. The monoisotopic (exact) mass is 692 g/mol. The average Bonchev–Trinajstić information content (AvgIpc) is 3.04. The lowest BCUT2D eigenvalue weighted by Gasteiger charge is -2.49. The first-order chi connectivity index (χ1) is 22.2. The number of aliphatic hydroxyl groups is 12. The molecule has 5 rings (SSSR count). The third kappa shape index (κ3) is 7.90. The van der Waals surface area contributed by atoms with Gasteiger partial charge in [-0.1, -0.05) is 0 Å². The van der Waals surface area contributed by atoms with Crippen LogP contribution in [-0.2, 0) is 42.6 Å². The van der Waals surface area contributed by atoms with Crippen LogP contribution in [0.3, 0.4) is 0 Å². The minimum atomic E-state index is -1.90. The molecule has 0 unspecified atom stereocenters. The summed E-state index contributed by atoms with van der Waals surface area (Å²) in [5, 5.41) is 124. The van der Waals surface area contributed by atoms with E-state index in [0.29, 0.717) is 0 Å². The van der Waals surface area contributed by atoms with Crippen LogP contribution in [0.2, 0.25) is 0 Å². The quantitative estimate of drug-likeness (QED) is 0.112. The topological polar surface area (TPSA) is 326 Å². The van der Waals surface area contributed by atoms with Crippen molar-refractivity contribution in [3.8, 4) is 0 Å². The van der Waals surface area contributed by atoms with E-state index >= 15 is 0 Å². The molecule has 21 atom stereocenters. The van der Waals surface area contributed by atoms with Gasteiger partial charge in [0.2, 0.25) is 0 Å². The number of aliphatic hydroxyl groups excluding tert-OH is 12. The molecule has 5 aliphatic heterocycles. The summed E-state index contributed by atoms with van der Waals surface area (Å²) in [6.07, 6.45) is -33.8. The van der Waals surface area contributed by atoms with Crippen LogP contribution in [0, 0.1) is 0 Å². The summed E-state index contributed by atoms with van der Waals surface area (Å²) in [4.78, 5) is 0. The molecule has 5 saturated heterocycles. The van der Waals surface area contributed by atoms with Gasteiger partial charge in [-0.2, -0.15) is 0 Å². The van der Waals surface area contributed by atoms with E-state index in [9.17, 15) is 61.3 Å². The van der Waals surface area contributed by atoms with Crippen molar-refractivity contribution < 1.29 is 104 Å². The fraction of sp³-hybridized carbons (Fsp3) is 1.00. The Kier molecular flexibility index (Phi) is 12.4. The van der Waals surface area contributed by atoms with Gasteiger partial charge in [-0.05, 0) is 6.92 Å². The van der Waals surface area contributed by atoms with E-state index in [1.54, 1.807) is 0 Å². The van der Waals surface area contributed by atoms with Gasteiger partial charge >= 0.3 is 0 Å². The summed E-state index contributed by atoms with van der Waals surface area (Å²) >= 11 is 0. The van der Waals surface area contributed by atoms with Crippen LogP contribution < -0.4 is 0 Å². The van der Waals surface area contributed by atoms with Crippen LogP contribution >= 0.6 is 0 Å². The highest BCUT2D eigenvalue weighted by Crippen LogP contribution is 2.34. The Morgan fingerprint density at radius 3 is 1.36 bits per heavy atom. The number of hydrogen-bond acceptors (Lipinski definition) is 21. The van der Waals surface area contributed by atoms with Gasteiger partial charge in [0, 0.05) is 0 Å². The first-order valence-corrected chi connectivity index (χ1v) is 15.1. The standard InChI is InChI=1S/C26H44O21/c1-6-18(44-25-16(36)19(10(30)5-42-25)45-23-14(34)11(31)7(27)3-40-23)20(46-24-15(35)12(32)8(28)4-41-24)17(37)26(43-6)47-21-13(33)9(29)2-39-22(21)38/h6-38H,2-5H2,1H3/t6-,7+,8+,9-,10+,11-,12-,13-,14+,15+,16+,17+,18-,19-,20-,21+,22+,23-,24-,25-,26-/m0/s1. The van der Waals surface area contributed by atoms with Crippen molar-refractivity contribution in [2.75, 3.05) is 26.4 Å². The lowest BCUT2D eigenvalue weighted by molar-refractivity contribution is -0.391. The van der Waals surface area contributed by atoms with E-state index in [0.717, 1.165) is 0 Å². The van der Waals surface area contributed by atoms with Crippen LogP contribution in [0.4, 0.5) is 0 Å². The number of hydrogen-bond donors (Lipinski definition) is 12. The van der Waals surface area contributed by atoms with Crippen molar-refractivity contribution >= 4 is 0 Å². The van der Waals surface area contributed by atoms with Gasteiger partial charge in [-0.3, -0.25) is 0 Å². The molecule has 0 bridgehead atoms. The maximum atomic E-state index is 11.4. The third-order valence-corrected chi connectivity index (χ3v) is 8.70. The smallest absolute Gasteiger partial charge is 0.187 e. The van der Waals surface area contributed by atoms with Gasteiger partial charge in [-0.15, -0.1) is 0 Å². The fourth-order valence-electron chi connectivity index (χ4n) is 5.85. The Morgan fingerprint density at radius 1 is 0.383 bits per heavy atom. The van der Waals surface area contributed by atoms with Crippen LogP contribution in [0.25, 0.3) is 0 Å². The molecule has 47 heavy (non-hydrogen) atoms. The lowest BCUT2D eigenvalue weighted by Crippen LogP contribution is -2.66. The van der Waals surface area contributed by atoms with Gasteiger partial charge in [0.05, 0.1) is 32.5 Å². The minimum Gasteiger partial charge on any atom is -0.388 e. The second kappa shape index (κ2) is 15.6. The Labute approximate surface area is 266 Å². The highest BCUT2D eigenvalue weighted by atomic mass is 16.8. The molecule has 21 nitrogen and oxygen atoms in total. The molecule has 5 aliphatic rings. The molecule has 12 N–H and O–H groups in total.